The predicted molar refractivity (Wildman–Crippen MR) is 35.0 cm³/mol. The number of hydrogen-bond donors (Lipinski definition) is 0. The van der Waals surface area contributed by atoms with Crippen molar-refractivity contribution in [2.75, 3.05) is 0 Å². The van der Waals surface area contributed by atoms with Crippen LogP contribution in [0.2, 0.25) is 0 Å². The molecule has 0 radical (unpaired) electrons. The first-order valence-electron chi connectivity index (χ1n) is 1.10. The van der Waals surface area contributed by atoms with Gasteiger partial charge in [-0.2, -0.15) is 0 Å². The van der Waals surface area contributed by atoms with E-state index in [2.05, 4.69) is 0 Å². The summed E-state index contributed by atoms with van der Waals surface area (Å²) in [5, 5.41) is 29.5. The van der Waals surface area contributed by atoms with Crippen LogP contribution in [0.4, 0.5) is 0 Å². The van der Waals surface area contributed by atoms with Crippen LogP contribution in [0.25, 0.3) is 0 Å². The van der Waals surface area contributed by atoms with Gasteiger partial charge in [-0.05, 0) is 0 Å². The van der Waals surface area contributed by atoms with Crippen LogP contribution in [0.15, 0.2) is 0 Å². The molecule has 0 aliphatic carbocycles. The summed E-state index contributed by atoms with van der Waals surface area (Å²) in [6, 6.07) is 0. The average molecular weight is 190 g/mol. The second kappa shape index (κ2) is 16.2. The van der Waals surface area contributed by atoms with E-state index >= 15 is 0 Å². The monoisotopic (exact) mass is 190 g/mol. The van der Waals surface area contributed by atoms with Gasteiger partial charge in [-0.25, -0.2) is 0 Å². The summed E-state index contributed by atoms with van der Waals surface area (Å²) in [6.45, 7) is 0. The van der Waals surface area contributed by atoms with Crippen molar-refractivity contribution in [3.8, 4) is 0 Å². The molecule has 0 aromatic carbocycles. The zero-order valence-electron chi connectivity index (χ0n) is 4.05. The van der Waals surface area contributed by atoms with Gasteiger partial charge in [0.1, 0.15) is 0 Å². The van der Waals surface area contributed by atoms with Gasteiger partial charge in [0.25, 0.3) is 0 Å². The maximum Gasteiger partial charge on any atom is 2.00 e. The van der Waals surface area contributed by atoms with Crippen molar-refractivity contribution < 1.29 is 10.2 Å². The maximum atomic E-state index is 8.25. The largest absolute Gasteiger partial charge is 2.00 e. The van der Waals surface area contributed by atoms with Gasteiger partial charge < -0.3 is 30.6 Å². The fourth-order valence-electron chi connectivity index (χ4n) is 0. The van der Waals surface area contributed by atoms with Gasteiger partial charge in [0.2, 0.25) is 0 Å². The van der Waals surface area contributed by atoms with Crippen LogP contribution in [-0.2, 0) is 0 Å². The van der Waals surface area contributed by atoms with E-state index in [1.54, 1.807) is 0 Å². The van der Waals surface area contributed by atoms with Gasteiger partial charge in [0, 0.05) is 0 Å². The molecule has 0 heterocycles. The van der Waals surface area contributed by atoms with E-state index in [1.807, 2.05) is 0 Å². The third-order valence-corrected chi connectivity index (χ3v) is 0. The minimum atomic E-state index is -1.75. The Hall–Kier alpha value is 0.426. The van der Waals surface area contributed by atoms with Crippen LogP contribution in [0.5, 0.6) is 0 Å². The summed E-state index contributed by atoms with van der Waals surface area (Å²) in [4.78, 5) is 16.5. The molecule has 10 heteroatoms. The number of rotatable bonds is 0. The van der Waals surface area contributed by atoms with Crippen molar-refractivity contribution in [1.29, 1.82) is 0 Å². The summed E-state index contributed by atoms with van der Waals surface area (Å²) >= 11 is 0. The Morgan fingerprint density at radius 3 is 0.800 bits per heavy atom. The fraction of sp³-hybridized carbons (Fsp3) is 0. The van der Waals surface area contributed by atoms with Crippen LogP contribution in [0.1, 0.15) is 0 Å². The Morgan fingerprint density at radius 2 is 0.800 bits per heavy atom. The molecule has 0 amide bonds. The first-order chi connectivity index (χ1) is 3.46. The smallest absolute Gasteiger partial charge is 2.00 e. The van der Waals surface area contributed by atoms with Crippen LogP contribution < -0.4 is 0 Å². The first-order valence-corrected chi connectivity index (χ1v) is 1.10. The Bertz CT molecular complexity index is 73.7. The van der Waals surface area contributed by atoms with Crippen molar-refractivity contribution >= 4 is 60.8 Å². The molecule has 0 bridgehead atoms. The van der Waals surface area contributed by atoms with Crippen LogP contribution in [0.3, 0.4) is 0 Å². The van der Waals surface area contributed by atoms with E-state index < -0.39 is 10.2 Å². The van der Waals surface area contributed by atoms with Gasteiger partial charge in [-0.1, -0.05) is 0 Å². The molecule has 10 heavy (non-hydrogen) atoms. The molecule has 52 valence electrons. The Kier molecular flexibility index (Phi) is 36.4. The molecule has 0 fully saturated rings. The summed E-state index contributed by atoms with van der Waals surface area (Å²) in [7, 11) is 0. The van der Waals surface area contributed by atoms with Crippen molar-refractivity contribution in [3.05, 3.63) is 30.6 Å². The third-order valence-electron chi connectivity index (χ3n) is 0. The molecule has 0 aliphatic rings. The predicted octanol–water partition coefficient (Wildman–Crippen LogP) is -1.78. The van der Waals surface area contributed by atoms with E-state index in [4.69, 9.17) is 30.6 Å². The molecule has 8 nitrogen and oxygen atoms in total. The zero-order chi connectivity index (χ0) is 7.15. The summed E-state index contributed by atoms with van der Waals surface area (Å²) in [6.07, 6.45) is 0. The molecule has 0 saturated carbocycles. The van der Waals surface area contributed by atoms with E-state index in [1.165, 1.54) is 0 Å². The Labute approximate surface area is 101 Å². The first kappa shape index (κ1) is 22.4. The summed E-state index contributed by atoms with van der Waals surface area (Å²) < 4.78 is 0. The molecule has 0 spiro atoms. The SMILES string of the molecule is O=[N+]([O-])[O-].O=[N+]([O-])[O-].[CaH2].[Mg+2]. The maximum absolute atomic E-state index is 8.25. The topological polar surface area (TPSA) is 132 Å². The van der Waals surface area contributed by atoms with Gasteiger partial charge in [-0.3, -0.25) is 0 Å². The van der Waals surface area contributed by atoms with Crippen LogP contribution in [-0.4, -0.2) is 71.0 Å². The van der Waals surface area contributed by atoms with Crippen molar-refractivity contribution in [2.24, 2.45) is 0 Å². The van der Waals surface area contributed by atoms with Crippen molar-refractivity contribution in [2.45, 2.75) is 0 Å². The Morgan fingerprint density at radius 1 is 0.800 bits per heavy atom. The molecule has 0 aliphatic heterocycles. The zero-order valence-corrected chi connectivity index (χ0v) is 5.47. The van der Waals surface area contributed by atoms with Crippen molar-refractivity contribution in [1.82, 2.24) is 0 Å². The van der Waals surface area contributed by atoms with E-state index in [0.29, 0.717) is 0 Å². The molecule has 0 aromatic heterocycles. The molecule has 0 N–H and O–H groups in total. The second-order valence-corrected chi connectivity index (χ2v) is 0.447. The number of nitrogens with zero attached hydrogens (tertiary/aromatic N) is 2. The van der Waals surface area contributed by atoms with Gasteiger partial charge in [0.15, 0.2) is 0 Å². The van der Waals surface area contributed by atoms with Gasteiger partial charge >= 0.3 is 60.8 Å². The minimum absolute atomic E-state index is 0. The fourth-order valence-corrected chi connectivity index (χ4v) is 0. The van der Waals surface area contributed by atoms with E-state index in [-0.39, 0.29) is 60.8 Å². The summed E-state index contributed by atoms with van der Waals surface area (Å²) in [5.74, 6) is 0. The second-order valence-electron chi connectivity index (χ2n) is 0.447. The van der Waals surface area contributed by atoms with Crippen LogP contribution >= 0.6 is 0 Å². The Balaban J connectivity index is -0.0000000300. The molecule has 0 atom stereocenters. The summed E-state index contributed by atoms with van der Waals surface area (Å²) in [5.41, 5.74) is 0. The molecular formula is H2CaMgN2O6. The quantitative estimate of drug-likeness (QED) is 0.252. The van der Waals surface area contributed by atoms with E-state index in [0.717, 1.165) is 0 Å². The third kappa shape index (κ3) is 2560. The standard InChI is InChI=1S/Ca.Mg.2NO3.2H/c;;2*2-1(3)4;;/q;+2;2*-1;;. The molecule has 0 aromatic rings. The molecule has 0 unspecified atom stereocenters. The van der Waals surface area contributed by atoms with Crippen molar-refractivity contribution in [3.63, 3.8) is 0 Å². The van der Waals surface area contributed by atoms with Crippen LogP contribution in [0, 0.1) is 30.6 Å². The molecule has 0 rings (SSSR count). The average Bonchev–Trinajstić information content (AvgIpc) is 1.25. The normalized spacial score (nSPS) is 4.80. The van der Waals surface area contributed by atoms with Gasteiger partial charge in [0.05, 0.1) is 10.2 Å². The minimum Gasteiger partial charge on any atom is 2.00 e. The molecular weight excluding hydrogens is 188 g/mol. The molecule has 0 saturated heterocycles. The van der Waals surface area contributed by atoms with E-state index in [9.17, 15) is 0 Å². The van der Waals surface area contributed by atoms with Gasteiger partial charge in [-0.15, -0.1) is 0 Å². The number of hydrogen-bond acceptors (Lipinski definition) is 6.